The van der Waals surface area contributed by atoms with Gasteiger partial charge in [-0.05, 0) is 6.92 Å². The molecule has 7 nitrogen and oxygen atoms in total. The first-order chi connectivity index (χ1) is 6.60. The number of carboxylic acid groups (broad SMARTS) is 1. The minimum atomic E-state index is -1.42. The van der Waals surface area contributed by atoms with Crippen molar-refractivity contribution in [1.29, 1.82) is 0 Å². The second kappa shape index (κ2) is 4.29. The number of hydrogen-bond acceptors (Lipinski definition) is 7. The molecule has 0 saturated heterocycles. The quantitative estimate of drug-likeness (QED) is 0.329. The Morgan fingerprint density at radius 2 is 2.64 bits per heavy atom. The molecular formula is C6H10N4O3S. The largest absolute Gasteiger partial charge is 0.477 e. The summed E-state index contributed by atoms with van der Waals surface area (Å²) in [4.78, 5) is 17.8. The van der Waals surface area contributed by atoms with Crippen LogP contribution in [-0.2, 0) is 9.63 Å². The van der Waals surface area contributed by atoms with E-state index < -0.39 is 11.0 Å². The molecule has 0 aliphatic carbocycles. The number of aliphatic carboxylic acids is 1. The van der Waals surface area contributed by atoms with Gasteiger partial charge >= 0.3 is 5.97 Å². The van der Waals surface area contributed by atoms with Gasteiger partial charge in [-0.2, -0.15) is 0 Å². The number of nitrogens with zero attached hydrogens (tertiary/aromatic N) is 2. The molecule has 14 heavy (non-hydrogen) atoms. The number of aliphatic imine (C=N–C) groups is 1. The Bertz CT molecular complexity index is 293. The average molecular weight is 218 g/mol. The summed E-state index contributed by atoms with van der Waals surface area (Å²) in [5.74, 6) is -1.26. The van der Waals surface area contributed by atoms with Gasteiger partial charge in [0, 0.05) is 11.9 Å². The van der Waals surface area contributed by atoms with Crippen molar-refractivity contribution in [2.75, 3.05) is 6.61 Å². The molecule has 0 spiro atoms. The minimum absolute atomic E-state index is 0.272. The lowest BCUT2D eigenvalue weighted by Crippen LogP contribution is -2.46. The standard InChI is InChI=1S/C6H10N4O3S/c1-2-13-10-4(5(11)12)6(7)8-3-9-14-6/h3H,2,7H2,1H3,(H,8,9)(H,11,12). The molecule has 1 unspecified atom stereocenters. The van der Waals surface area contributed by atoms with Crippen molar-refractivity contribution in [3.8, 4) is 0 Å². The molecule has 0 aromatic heterocycles. The molecule has 0 bridgehead atoms. The first kappa shape index (κ1) is 10.8. The lowest BCUT2D eigenvalue weighted by Gasteiger charge is -2.16. The average Bonchev–Trinajstić information content (AvgIpc) is 2.53. The normalized spacial score (nSPS) is 26.0. The van der Waals surface area contributed by atoms with Crippen molar-refractivity contribution >= 4 is 30.0 Å². The van der Waals surface area contributed by atoms with Gasteiger partial charge in [0.25, 0.3) is 0 Å². The fraction of sp³-hybridized carbons (Fsp3) is 0.500. The molecular weight excluding hydrogens is 208 g/mol. The van der Waals surface area contributed by atoms with E-state index in [1.807, 2.05) is 0 Å². The first-order valence-corrected chi connectivity index (χ1v) is 4.61. The fourth-order valence-corrected chi connectivity index (χ4v) is 1.37. The highest BCUT2D eigenvalue weighted by molar-refractivity contribution is 8.00. The van der Waals surface area contributed by atoms with Crippen LogP contribution >= 0.6 is 11.9 Å². The smallest absolute Gasteiger partial charge is 0.358 e. The first-order valence-electron chi connectivity index (χ1n) is 3.80. The van der Waals surface area contributed by atoms with Gasteiger partial charge in [-0.3, -0.25) is 5.73 Å². The number of nitrogens with two attached hydrogens (primary N) is 1. The van der Waals surface area contributed by atoms with Crippen LogP contribution in [0.15, 0.2) is 10.1 Å². The third-order valence-corrected chi connectivity index (χ3v) is 2.18. The summed E-state index contributed by atoms with van der Waals surface area (Å²) in [5.41, 5.74) is 5.31. The number of rotatable bonds is 4. The SMILES string of the molecule is CCON=C(C(=O)O)C1(N)N=CNS1. The molecule has 1 aliphatic rings. The van der Waals surface area contributed by atoms with Crippen LogP contribution in [0.5, 0.6) is 0 Å². The zero-order chi connectivity index (χ0) is 10.6. The van der Waals surface area contributed by atoms with Crippen molar-refractivity contribution in [2.45, 2.75) is 11.9 Å². The third kappa shape index (κ3) is 2.15. The van der Waals surface area contributed by atoms with E-state index in [2.05, 4.69) is 19.7 Å². The van der Waals surface area contributed by atoms with E-state index in [9.17, 15) is 4.79 Å². The van der Waals surface area contributed by atoms with E-state index in [1.54, 1.807) is 6.92 Å². The highest BCUT2D eigenvalue weighted by Crippen LogP contribution is 2.23. The summed E-state index contributed by atoms with van der Waals surface area (Å²) in [6.45, 7) is 1.96. The zero-order valence-corrected chi connectivity index (χ0v) is 8.24. The van der Waals surface area contributed by atoms with Crippen molar-refractivity contribution in [3.05, 3.63) is 0 Å². The van der Waals surface area contributed by atoms with Crippen molar-refractivity contribution in [3.63, 3.8) is 0 Å². The molecule has 8 heteroatoms. The summed E-state index contributed by atoms with van der Waals surface area (Å²) < 4.78 is 2.62. The fourth-order valence-electron chi connectivity index (χ4n) is 0.761. The van der Waals surface area contributed by atoms with Gasteiger partial charge in [0.2, 0.25) is 10.7 Å². The van der Waals surface area contributed by atoms with Gasteiger partial charge in [0.05, 0.1) is 6.34 Å². The van der Waals surface area contributed by atoms with Crippen LogP contribution < -0.4 is 10.5 Å². The molecule has 0 fully saturated rings. The van der Waals surface area contributed by atoms with Crippen molar-refractivity contribution < 1.29 is 14.7 Å². The van der Waals surface area contributed by atoms with Crippen LogP contribution in [0.2, 0.25) is 0 Å². The van der Waals surface area contributed by atoms with E-state index in [1.165, 1.54) is 6.34 Å². The molecule has 4 N–H and O–H groups in total. The molecule has 0 aromatic carbocycles. The minimum Gasteiger partial charge on any atom is -0.477 e. The summed E-state index contributed by atoms with van der Waals surface area (Å²) in [5, 5.41) is 12.2. The Labute approximate surface area is 84.5 Å². The maximum Gasteiger partial charge on any atom is 0.358 e. The highest BCUT2D eigenvalue weighted by atomic mass is 32.2. The van der Waals surface area contributed by atoms with Crippen LogP contribution in [0.3, 0.4) is 0 Å². The molecule has 1 heterocycles. The van der Waals surface area contributed by atoms with Gasteiger partial charge in [0.15, 0.2) is 0 Å². The van der Waals surface area contributed by atoms with E-state index in [0.29, 0.717) is 0 Å². The topological polar surface area (TPSA) is 109 Å². The number of carboxylic acids is 1. The Morgan fingerprint density at radius 3 is 3.07 bits per heavy atom. The Hall–Kier alpha value is -1.28. The van der Waals surface area contributed by atoms with Crippen LogP contribution in [-0.4, -0.2) is 34.7 Å². The van der Waals surface area contributed by atoms with Crippen LogP contribution in [0, 0.1) is 0 Å². The van der Waals surface area contributed by atoms with E-state index in [4.69, 9.17) is 10.8 Å². The molecule has 78 valence electrons. The van der Waals surface area contributed by atoms with Crippen molar-refractivity contribution in [1.82, 2.24) is 4.72 Å². The highest BCUT2D eigenvalue weighted by Gasteiger charge is 2.40. The van der Waals surface area contributed by atoms with Gasteiger partial charge in [-0.1, -0.05) is 5.16 Å². The van der Waals surface area contributed by atoms with Crippen LogP contribution in [0.4, 0.5) is 0 Å². The second-order valence-electron chi connectivity index (χ2n) is 2.34. The molecule has 0 aromatic rings. The maximum absolute atomic E-state index is 10.8. The summed E-state index contributed by atoms with van der Waals surface area (Å²) in [6.07, 6.45) is 1.31. The van der Waals surface area contributed by atoms with E-state index >= 15 is 0 Å². The number of oxime groups is 1. The lowest BCUT2D eigenvalue weighted by molar-refractivity contribution is -0.129. The Morgan fingerprint density at radius 1 is 1.93 bits per heavy atom. The predicted octanol–water partition coefficient (Wildman–Crippen LogP) is -0.644. The summed E-state index contributed by atoms with van der Waals surface area (Å²) >= 11 is 0.945. The third-order valence-electron chi connectivity index (χ3n) is 1.35. The zero-order valence-electron chi connectivity index (χ0n) is 7.43. The molecule has 0 radical (unpaired) electrons. The van der Waals surface area contributed by atoms with E-state index in [-0.39, 0.29) is 12.3 Å². The molecule has 1 atom stereocenters. The molecule has 0 saturated carbocycles. The van der Waals surface area contributed by atoms with Crippen LogP contribution in [0.1, 0.15) is 6.92 Å². The monoisotopic (exact) mass is 218 g/mol. The summed E-state index contributed by atoms with van der Waals surface area (Å²) in [6, 6.07) is 0. The number of nitrogens with one attached hydrogen (secondary N) is 1. The second-order valence-corrected chi connectivity index (χ2v) is 3.40. The van der Waals surface area contributed by atoms with Gasteiger partial charge in [0.1, 0.15) is 6.61 Å². The number of hydrogen-bond donors (Lipinski definition) is 3. The van der Waals surface area contributed by atoms with E-state index in [0.717, 1.165) is 11.9 Å². The Kier molecular flexibility index (Phi) is 3.31. The van der Waals surface area contributed by atoms with Gasteiger partial charge < -0.3 is 14.7 Å². The van der Waals surface area contributed by atoms with Crippen molar-refractivity contribution in [2.24, 2.45) is 15.9 Å². The molecule has 1 aliphatic heterocycles. The number of carbonyl (C=O) groups is 1. The van der Waals surface area contributed by atoms with Gasteiger partial charge in [-0.25, -0.2) is 9.79 Å². The molecule has 0 amide bonds. The Balaban J connectivity index is 2.87. The maximum atomic E-state index is 10.8. The predicted molar refractivity (Wildman–Crippen MR) is 52.8 cm³/mol. The van der Waals surface area contributed by atoms with Gasteiger partial charge in [-0.15, -0.1) is 0 Å². The molecule has 1 rings (SSSR count). The summed E-state index contributed by atoms with van der Waals surface area (Å²) in [7, 11) is 0. The lowest BCUT2D eigenvalue weighted by atomic mass is 10.3. The van der Waals surface area contributed by atoms with Crippen LogP contribution in [0.25, 0.3) is 0 Å².